The quantitative estimate of drug-likeness (QED) is 0.568. The number of aryl methyl sites for hydroxylation is 1. The van der Waals surface area contributed by atoms with Gasteiger partial charge in [-0.1, -0.05) is 0 Å². The second-order valence-electron chi connectivity index (χ2n) is 2.61. The third-order valence-corrected chi connectivity index (χ3v) is 1.73. The molecule has 0 saturated carbocycles. The zero-order valence-electron chi connectivity index (χ0n) is 6.53. The second kappa shape index (κ2) is 2.10. The Labute approximate surface area is 67.8 Å². The topological polar surface area (TPSA) is 76.7 Å². The number of aromatic amines is 1. The van der Waals surface area contributed by atoms with Gasteiger partial charge in [-0.3, -0.25) is 14.6 Å². The number of hydrogen-bond donors (Lipinski definition) is 2. The Morgan fingerprint density at radius 3 is 3.08 bits per heavy atom. The number of H-pyrrole nitrogens is 1. The maximum absolute atomic E-state index is 11.2. The number of anilines is 1. The minimum Gasteiger partial charge on any atom is -0.384 e. The summed E-state index contributed by atoms with van der Waals surface area (Å²) in [6, 6.07) is 3.27. The fourth-order valence-electron chi connectivity index (χ4n) is 1.16. The summed E-state index contributed by atoms with van der Waals surface area (Å²) >= 11 is 0. The monoisotopic (exact) mass is 164 g/mol. The summed E-state index contributed by atoms with van der Waals surface area (Å²) in [5.41, 5.74) is 5.91. The molecule has 0 fully saturated rings. The average molecular weight is 164 g/mol. The molecule has 0 atom stereocenters. The lowest BCUT2D eigenvalue weighted by Gasteiger charge is -1.93. The van der Waals surface area contributed by atoms with E-state index in [4.69, 9.17) is 5.73 Å². The van der Waals surface area contributed by atoms with Gasteiger partial charge in [0.1, 0.15) is 5.82 Å². The molecule has 0 amide bonds. The van der Waals surface area contributed by atoms with Crippen LogP contribution in [-0.2, 0) is 7.05 Å². The van der Waals surface area contributed by atoms with Crippen LogP contribution in [0.3, 0.4) is 0 Å². The van der Waals surface area contributed by atoms with E-state index < -0.39 is 0 Å². The molecule has 2 heterocycles. The maximum atomic E-state index is 11.2. The van der Waals surface area contributed by atoms with Crippen molar-refractivity contribution < 1.29 is 0 Å². The highest BCUT2D eigenvalue weighted by Crippen LogP contribution is 2.07. The SMILES string of the molecule is Cn1[nH]c(=O)c2ccc(N)nc21. The molecule has 2 rings (SSSR count). The predicted molar refractivity (Wildman–Crippen MR) is 45.7 cm³/mol. The zero-order valence-corrected chi connectivity index (χ0v) is 6.53. The molecule has 0 aromatic carbocycles. The highest BCUT2D eigenvalue weighted by molar-refractivity contribution is 5.75. The van der Waals surface area contributed by atoms with Crippen molar-refractivity contribution >= 4 is 16.9 Å². The van der Waals surface area contributed by atoms with E-state index in [0.29, 0.717) is 16.9 Å². The normalized spacial score (nSPS) is 10.8. The Bertz CT molecular complexity index is 482. The molecule has 0 unspecified atom stereocenters. The highest BCUT2D eigenvalue weighted by Gasteiger charge is 2.03. The largest absolute Gasteiger partial charge is 0.384 e. The molecule has 5 nitrogen and oxygen atoms in total. The molecular formula is C7H8N4O. The number of nitrogen functional groups attached to an aromatic ring is 1. The third-order valence-electron chi connectivity index (χ3n) is 1.73. The van der Waals surface area contributed by atoms with Crippen LogP contribution in [0.4, 0.5) is 5.82 Å². The van der Waals surface area contributed by atoms with Crippen molar-refractivity contribution in [3.63, 3.8) is 0 Å². The van der Waals surface area contributed by atoms with E-state index in [1.54, 1.807) is 23.9 Å². The van der Waals surface area contributed by atoms with E-state index in [2.05, 4.69) is 10.1 Å². The van der Waals surface area contributed by atoms with Gasteiger partial charge in [0.25, 0.3) is 5.56 Å². The first-order valence-corrected chi connectivity index (χ1v) is 3.50. The van der Waals surface area contributed by atoms with E-state index in [1.165, 1.54) is 0 Å². The summed E-state index contributed by atoms with van der Waals surface area (Å²) in [5, 5.41) is 3.15. The molecule has 0 aliphatic carbocycles. The highest BCUT2D eigenvalue weighted by atomic mass is 16.1. The molecule has 0 bridgehead atoms. The number of nitrogens with two attached hydrogens (primary N) is 1. The number of nitrogens with zero attached hydrogens (tertiary/aromatic N) is 2. The number of nitrogens with one attached hydrogen (secondary N) is 1. The van der Waals surface area contributed by atoms with Gasteiger partial charge in [0.2, 0.25) is 0 Å². The first kappa shape index (κ1) is 6.90. The lowest BCUT2D eigenvalue weighted by molar-refractivity contribution is 0.774. The molecule has 5 heteroatoms. The van der Waals surface area contributed by atoms with Gasteiger partial charge in [-0.25, -0.2) is 4.98 Å². The van der Waals surface area contributed by atoms with Crippen LogP contribution in [0, 0.1) is 0 Å². The Hall–Kier alpha value is -1.78. The number of pyridine rings is 1. The van der Waals surface area contributed by atoms with Crippen molar-refractivity contribution in [2.75, 3.05) is 5.73 Å². The fraction of sp³-hybridized carbons (Fsp3) is 0.143. The van der Waals surface area contributed by atoms with Crippen LogP contribution in [0.2, 0.25) is 0 Å². The summed E-state index contributed by atoms with van der Waals surface area (Å²) in [6.45, 7) is 0. The van der Waals surface area contributed by atoms with Crippen LogP contribution in [-0.4, -0.2) is 14.8 Å². The molecule has 0 spiro atoms. The number of hydrogen-bond acceptors (Lipinski definition) is 3. The lowest BCUT2D eigenvalue weighted by atomic mass is 10.3. The fourth-order valence-corrected chi connectivity index (χ4v) is 1.16. The Kier molecular flexibility index (Phi) is 1.21. The molecule has 12 heavy (non-hydrogen) atoms. The average Bonchev–Trinajstić information content (AvgIpc) is 2.28. The molecule has 2 aromatic rings. The van der Waals surface area contributed by atoms with Crippen molar-refractivity contribution in [1.82, 2.24) is 14.8 Å². The number of fused-ring (bicyclic) bond motifs is 1. The van der Waals surface area contributed by atoms with Gasteiger partial charge >= 0.3 is 0 Å². The van der Waals surface area contributed by atoms with E-state index in [1.807, 2.05) is 0 Å². The molecule has 0 aliphatic heterocycles. The van der Waals surface area contributed by atoms with Crippen LogP contribution in [0.15, 0.2) is 16.9 Å². The molecule has 62 valence electrons. The minimum absolute atomic E-state index is 0.139. The first-order valence-electron chi connectivity index (χ1n) is 3.50. The number of rotatable bonds is 0. The van der Waals surface area contributed by atoms with Crippen LogP contribution >= 0.6 is 0 Å². The Balaban J connectivity index is 3.00. The van der Waals surface area contributed by atoms with E-state index in [-0.39, 0.29) is 5.56 Å². The van der Waals surface area contributed by atoms with E-state index in [0.717, 1.165) is 0 Å². The summed E-state index contributed by atoms with van der Waals surface area (Å²) in [5.74, 6) is 0.414. The molecule has 3 N–H and O–H groups in total. The summed E-state index contributed by atoms with van der Waals surface area (Å²) in [6.07, 6.45) is 0. The maximum Gasteiger partial charge on any atom is 0.273 e. The Morgan fingerprint density at radius 2 is 2.33 bits per heavy atom. The standard InChI is InChI=1S/C7H8N4O/c1-11-6-4(7(12)10-11)2-3-5(8)9-6/h2-3H,1H3,(H2,8,9)(H,10,12). The van der Waals surface area contributed by atoms with Crippen molar-refractivity contribution in [3.8, 4) is 0 Å². The first-order chi connectivity index (χ1) is 5.68. The smallest absolute Gasteiger partial charge is 0.273 e. The van der Waals surface area contributed by atoms with Gasteiger partial charge < -0.3 is 5.73 Å². The van der Waals surface area contributed by atoms with Crippen LogP contribution < -0.4 is 11.3 Å². The van der Waals surface area contributed by atoms with Crippen molar-refractivity contribution in [2.24, 2.45) is 7.05 Å². The summed E-state index contributed by atoms with van der Waals surface area (Å²) in [7, 11) is 1.72. The summed E-state index contributed by atoms with van der Waals surface area (Å²) in [4.78, 5) is 15.2. The third kappa shape index (κ3) is 0.795. The second-order valence-corrected chi connectivity index (χ2v) is 2.61. The lowest BCUT2D eigenvalue weighted by Crippen LogP contribution is -2.01. The summed E-state index contributed by atoms with van der Waals surface area (Å²) < 4.78 is 1.55. The molecule has 2 aromatic heterocycles. The van der Waals surface area contributed by atoms with Gasteiger partial charge in [-0.15, -0.1) is 0 Å². The molecule has 0 aliphatic rings. The van der Waals surface area contributed by atoms with Gasteiger partial charge in [0, 0.05) is 7.05 Å². The van der Waals surface area contributed by atoms with Crippen LogP contribution in [0.1, 0.15) is 0 Å². The number of aromatic nitrogens is 3. The zero-order chi connectivity index (χ0) is 8.72. The predicted octanol–water partition coefficient (Wildman–Crippen LogP) is -0.156. The van der Waals surface area contributed by atoms with Crippen LogP contribution in [0.5, 0.6) is 0 Å². The Morgan fingerprint density at radius 1 is 1.58 bits per heavy atom. The van der Waals surface area contributed by atoms with Crippen molar-refractivity contribution in [3.05, 3.63) is 22.5 Å². The minimum atomic E-state index is -0.139. The van der Waals surface area contributed by atoms with Gasteiger partial charge in [-0.2, -0.15) is 0 Å². The van der Waals surface area contributed by atoms with Crippen molar-refractivity contribution in [1.29, 1.82) is 0 Å². The van der Waals surface area contributed by atoms with E-state index in [9.17, 15) is 4.79 Å². The van der Waals surface area contributed by atoms with Crippen molar-refractivity contribution in [2.45, 2.75) is 0 Å². The van der Waals surface area contributed by atoms with Crippen LogP contribution in [0.25, 0.3) is 11.0 Å². The molecule has 0 saturated heterocycles. The molecule has 0 radical (unpaired) electrons. The van der Waals surface area contributed by atoms with Gasteiger partial charge in [-0.05, 0) is 12.1 Å². The van der Waals surface area contributed by atoms with Gasteiger partial charge in [0.05, 0.1) is 5.39 Å². The molecular weight excluding hydrogens is 156 g/mol. The van der Waals surface area contributed by atoms with E-state index >= 15 is 0 Å². The van der Waals surface area contributed by atoms with Gasteiger partial charge in [0.15, 0.2) is 5.65 Å².